The van der Waals surface area contributed by atoms with Gasteiger partial charge in [-0.1, -0.05) is 12.1 Å². The number of amides is 1. The molecular formula is C21H20FN3O2. The topological polar surface area (TPSA) is 73.2 Å². The molecule has 0 atom stereocenters. The summed E-state index contributed by atoms with van der Waals surface area (Å²) in [6.45, 7) is 2.48. The number of nitrogens with zero attached hydrogens (tertiary/aromatic N) is 2. The Bertz CT molecular complexity index is 912. The fourth-order valence-electron chi connectivity index (χ4n) is 3.23. The first-order chi connectivity index (χ1) is 13.0. The molecule has 1 saturated heterocycles. The van der Waals surface area contributed by atoms with Crippen LogP contribution >= 0.6 is 0 Å². The van der Waals surface area contributed by atoms with Crippen LogP contribution in [0.2, 0.25) is 0 Å². The van der Waals surface area contributed by atoms with Crippen molar-refractivity contribution in [3.05, 3.63) is 65.0 Å². The van der Waals surface area contributed by atoms with Crippen molar-refractivity contribution in [3.8, 4) is 6.07 Å². The molecule has 2 aromatic carbocycles. The van der Waals surface area contributed by atoms with Crippen molar-refractivity contribution in [2.24, 2.45) is 0 Å². The van der Waals surface area contributed by atoms with E-state index in [1.165, 1.54) is 19.1 Å². The Morgan fingerprint density at radius 2 is 1.89 bits per heavy atom. The van der Waals surface area contributed by atoms with Crippen molar-refractivity contribution in [2.75, 3.05) is 18.4 Å². The molecule has 0 aromatic heterocycles. The summed E-state index contributed by atoms with van der Waals surface area (Å²) in [6, 6.07) is 13.2. The third-order valence-electron chi connectivity index (χ3n) is 4.79. The quantitative estimate of drug-likeness (QED) is 0.840. The number of benzene rings is 2. The van der Waals surface area contributed by atoms with Gasteiger partial charge in [0.05, 0.1) is 16.8 Å². The SMILES string of the molecule is CC(=O)c1ccc(C#N)c(NC2CCN(C(=O)c3ccccc3F)CC2)c1. The van der Waals surface area contributed by atoms with Crippen molar-refractivity contribution in [2.45, 2.75) is 25.8 Å². The molecule has 2 aromatic rings. The van der Waals surface area contributed by atoms with Crippen LogP contribution in [0.25, 0.3) is 0 Å². The van der Waals surface area contributed by atoms with Crippen LogP contribution in [0.4, 0.5) is 10.1 Å². The zero-order chi connectivity index (χ0) is 19.4. The summed E-state index contributed by atoms with van der Waals surface area (Å²) in [5.41, 5.74) is 1.74. The maximum absolute atomic E-state index is 13.8. The van der Waals surface area contributed by atoms with Gasteiger partial charge < -0.3 is 10.2 Å². The van der Waals surface area contributed by atoms with Crippen molar-refractivity contribution >= 4 is 17.4 Å². The second kappa shape index (κ2) is 8.00. The molecule has 1 aliphatic rings. The van der Waals surface area contributed by atoms with Crippen molar-refractivity contribution < 1.29 is 14.0 Å². The van der Waals surface area contributed by atoms with Crippen molar-refractivity contribution in [3.63, 3.8) is 0 Å². The van der Waals surface area contributed by atoms with E-state index < -0.39 is 5.82 Å². The summed E-state index contributed by atoms with van der Waals surface area (Å²) in [5, 5.41) is 12.6. The molecule has 27 heavy (non-hydrogen) atoms. The Balaban J connectivity index is 1.66. The van der Waals surface area contributed by atoms with Gasteiger partial charge in [0.2, 0.25) is 0 Å². The lowest BCUT2D eigenvalue weighted by atomic mass is 10.0. The molecule has 3 rings (SSSR count). The van der Waals surface area contributed by atoms with E-state index in [9.17, 15) is 19.2 Å². The molecule has 0 aliphatic carbocycles. The molecule has 0 bridgehead atoms. The summed E-state index contributed by atoms with van der Waals surface area (Å²) in [6.07, 6.45) is 1.35. The van der Waals surface area contributed by atoms with E-state index in [-0.39, 0.29) is 23.3 Å². The standard InChI is InChI=1S/C21H20FN3O2/c1-14(26)15-6-7-16(13-23)20(12-15)24-17-8-10-25(11-9-17)21(27)18-4-2-3-5-19(18)22/h2-7,12,17,24H,8-11H2,1H3. The highest BCUT2D eigenvalue weighted by Gasteiger charge is 2.25. The monoisotopic (exact) mass is 365 g/mol. The van der Waals surface area contributed by atoms with E-state index in [1.54, 1.807) is 35.2 Å². The minimum Gasteiger partial charge on any atom is -0.381 e. The van der Waals surface area contributed by atoms with Gasteiger partial charge in [0.15, 0.2) is 5.78 Å². The van der Waals surface area contributed by atoms with Crippen LogP contribution in [0, 0.1) is 17.1 Å². The van der Waals surface area contributed by atoms with Gasteiger partial charge in [0, 0.05) is 24.7 Å². The highest BCUT2D eigenvalue weighted by molar-refractivity contribution is 5.95. The fourth-order valence-corrected chi connectivity index (χ4v) is 3.23. The molecule has 5 nitrogen and oxygen atoms in total. The van der Waals surface area contributed by atoms with Crippen LogP contribution in [0.15, 0.2) is 42.5 Å². The van der Waals surface area contributed by atoms with Crippen molar-refractivity contribution in [1.29, 1.82) is 5.26 Å². The number of hydrogen-bond acceptors (Lipinski definition) is 4. The third-order valence-corrected chi connectivity index (χ3v) is 4.79. The summed E-state index contributed by atoms with van der Waals surface area (Å²) >= 11 is 0. The molecule has 1 aliphatic heterocycles. The first-order valence-electron chi connectivity index (χ1n) is 8.85. The maximum atomic E-state index is 13.8. The number of ketones is 1. The molecule has 1 N–H and O–H groups in total. The Kier molecular flexibility index (Phi) is 5.51. The second-order valence-corrected chi connectivity index (χ2v) is 6.62. The van der Waals surface area contributed by atoms with Crippen molar-refractivity contribution in [1.82, 2.24) is 4.90 Å². The van der Waals surface area contributed by atoms with Gasteiger partial charge in [-0.15, -0.1) is 0 Å². The van der Waals surface area contributed by atoms with Gasteiger partial charge in [0.1, 0.15) is 11.9 Å². The number of halogens is 1. The fraction of sp³-hybridized carbons (Fsp3) is 0.286. The lowest BCUT2D eigenvalue weighted by Gasteiger charge is -2.33. The number of likely N-dealkylation sites (tertiary alicyclic amines) is 1. The number of Topliss-reactive ketones (excluding diaryl/α,β-unsaturated/α-hetero) is 1. The summed E-state index contributed by atoms with van der Waals surface area (Å²) < 4.78 is 13.8. The average molecular weight is 365 g/mol. The molecule has 6 heteroatoms. The number of hydrogen-bond donors (Lipinski definition) is 1. The number of anilines is 1. The predicted octanol–water partition coefficient (Wildman–Crippen LogP) is 3.62. The number of piperidine rings is 1. The minimum absolute atomic E-state index is 0.0622. The van der Waals surface area contributed by atoms with Gasteiger partial charge in [-0.3, -0.25) is 9.59 Å². The summed E-state index contributed by atoms with van der Waals surface area (Å²) in [5.74, 6) is -0.877. The molecule has 0 spiro atoms. The molecule has 138 valence electrons. The third kappa shape index (κ3) is 4.14. The summed E-state index contributed by atoms with van der Waals surface area (Å²) in [4.78, 5) is 25.7. The molecule has 0 unspecified atom stereocenters. The largest absolute Gasteiger partial charge is 0.381 e. The van der Waals surface area contributed by atoms with E-state index in [4.69, 9.17) is 0 Å². The first-order valence-corrected chi connectivity index (χ1v) is 8.85. The molecule has 0 saturated carbocycles. The Morgan fingerprint density at radius 1 is 1.19 bits per heavy atom. The molecule has 1 heterocycles. The predicted molar refractivity (Wildman–Crippen MR) is 100 cm³/mol. The Hall–Kier alpha value is -3.20. The summed E-state index contributed by atoms with van der Waals surface area (Å²) in [7, 11) is 0. The Morgan fingerprint density at radius 3 is 2.52 bits per heavy atom. The maximum Gasteiger partial charge on any atom is 0.256 e. The molecule has 1 amide bonds. The van der Waals surface area contributed by atoms with Crippen LogP contribution in [-0.2, 0) is 0 Å². The van der Waals surface area contributed by atoms with Gasteiger partial charge >= 0.3 is 0 Å². The number of rotatable bonds is 4. The Labute approximate surface area is 157 Å². The van der Waals surface area contributed by atoms with E-state index in [0.29, 0.717) is 42.7 Å². The zero-order valence-electron chi connectivity index (χ0n) is 15.0. The average Bonchev–Trinajstić information content (AvgIpc) is 2.68. The zero-order valence-corrected chi connectivity index (χ0v) is 15.0. The normalized spacial score (nSPS) is 14.5. The van der Waals surface area contributed by atoms with E-state index in [0.717, 1.165) is 0 Å². The lowest BCUT2D eigenvalue weighted by molar-refractivity contribution is 0.0713. The van der Waals surface area contributed by atoms with Gasteiger partial charge in [-0.25, -0.2) is 4.39 Å². The number of nitrogens with one attached hydrogen (secondary N) is 1. The number of nitriles is 1. The van der Waals surface area contributed by atoms with Crippen LogP contribution in [-0.4, -0.2) is 35.7 Å². The van der Waals surface area contributed by atoms with Crippen LogP contribution < -0.4 is 5.32 Å². The van der Waals surface area contributed by atoms with E-state index in [1.807, 2.05) is 0 Å². The first kappa shape index (κ1) is 18.6. The number of carbonyl (C=O) groups excluding carboxylic acids is 2. The molecule has 0 radical (unpaired) electrons. The highest BCUT2D eigenvalue weighted by atomic mass is 19.1. The van der Waals surface area contributed by atoms with Crippen LogP contribution in [0.1, 0.15) is 46.0 Å². The minimum atomic E-state index is -0.512. The molecular weight excluding hydrogens is 345 g/mol. The number of carbonyl (C=O) groups is 2. The van der Waals surface area contributed by atoms with Crippen LogP contribution in [0.3, 0.4) is 0 Å². The van der Waals surface area contributed by atoms with Gasteiger partial charge in [-0.05, 0) is 50.1 Å². The molecule has 1 fully saturated rings. The lowest BCUT2D eigenvalue weighted by Crippen LogP contribution is -2.42. The second-order valence-electron chi connectivity index (χ2n) is 6.62. The van der Waals surface area contributed by atoms with Gasteiger partial charge in [0.25, 0.3) is 5.91 Å². The van der Waals surface area contributed by atoms with Gasteiger partial charge in [-0.2, -0.15) is 5.26 Å². The highest BCUT2D eigenvalue weighted by Crippen LogP contribution is 2.23. The smallest absolute Gasteiger partial charge is 0.256 e. The van der Waals surface area contributed by atoms with Crippen LogP contribution in [0.5, 0.6) is 0 Å². The van der Waals surface area contributed by atoms with E-state index >= 15 is 0 Å². The van der Waals surface area contributed by atoms with E-state index in [2.05, 4.69) is 11.4 Å².